The van der Waals surface area contributed by atoms with Crippen molar-refractivity contribution in [2.45, 2.75) is 32.4 Å². The molecule has 0 aliphatic rings. The molecule has 0 fully saturated rings. The van der Waals surface area contributed by atoms with Crippen LogP contribution in [0.4, 0.5) is 0 Å². The highest BCUT2D eigenvalue weighted by molar-refractivity contribution is 6.31. The first-order chi connectivity index (χ1) is 8.45. The van der Waals surface area contributed by atoms with Gasteiger partial charge >= 0.3 is 0 Å². The summed E-state index contributed by atoms with van der Waals surface area (Å²) >= 11 is 5.88. The van der Waals surface area contributed by atoms with Crippen LogP contribution in [0.3, 0.4) is 0 Å². The summed E-state index contributed by atoms with van der Waals surface area (Å²) in [5.74, 6) is -0.360. The SMILES string of the molecule is CCCn1cc(Cl)cc1C(=O)NC(C)(CO)CO. The number of hydrogen-bond acceptors (Lipinski definition) is 3. The zero-order valence-corrected chi connectivity index (χ0v) is 11.4. The lowest BCUT2D eigenvalue weighted by Gasteiger charge is -2.26. The first-order valence-electron chi connectivity index (χ1n) is 5.85. The standard InChI is InChI=1S/C12H19ClN2O3/c1-3-4-15-6-9(13)5-10(15)11(18)14-12(2,7-16)8-17/h5-6,16-17H,3-4,7-8H2,1-2H3,(H,14,18). The van der Waals surface area contributed by atoms with Crippen LogP contribution in [0.1, 0.15) is 30.8 Å². The number of carbonyl (C=O) groups excluding carboxylic acids is 1. The fourth-order valence-corrected chi connectivity index (χ4v) is 1.78. The Kier molecular flexibility index (Phi) is 5.19. The summed E-state index contributed by atoms with van der Waals surface area (Å²) in [5.41, 5.74) is -0.611. The van der Waals surface area contributed by atoms with Gasteiger partial charge in [0.05, 0.1) is 23.8 Å². The summed E-state index contributed by atoms with van der Waals surface area (Å²) in [6.07, 6.45) is 2.57. The lowest BCUT2D eigenvalue weighted by Crippen LogP contribution is -2.52. The molecule has 1 aromatic rings. The number of aliphatic hydroxyl groups excluding tert-OH is 2. The highest BCUT2D eigenvalue weighted by Gasteiger charge is 2.26. The van der Waals surface area contributed by atoms with Crippen molar-refractivity contribution in [1.29, 1.82) is 0 Å². The zero-order valence-electron chi connectivity index (χ0n) is 10.6. The second-order valence-electron chi connectivity index (χ2n) is 4.57. The summed E-state index contributed by atoms with van der Waals surface area (Å²) in [4.78, 5) is 12.1. The number of carbonyl (C=O) groups is 1. The Morgan fingerprint density at radius 1 is 1.50 bits per heavy atom. The molecule has 0 atom stereocenters. The smallest absolute Gasteiger partial charge is 0.268 e. The minimum atomic E-state index is -1.04. The van der Waals surface area contributed by atoms with Gasteiger partial charge in [-0.1, -0.05) is 18.5 Å². The molecule has 18 heavy (non-hydrogen) atoms. The van der Waals surface area contributed by atoms with E-state index in [2.05, 4.69) is 5.32 Å². The maximum absolute atomic E-state index is 12.1. The number of hydrogen-bond donors (Lipinski definition) is 3. The van der Waals surface area contributed by atoms with E-state index in [1.54, 1.807) is 23.8 Å². The first kappa shape index (κ1) is 15.0. The third-order valence-electron chi connectivity index (χ3n) is 2.67. The van der Waals surface area contributed by atoms with Gasteiger partial charge in [0, 0.05) is 12.7 Å². The number of aliphatic hydroxyl groups is 2. The minimum absolute atomic E-state index is 0.336. The van der Waals surface area contributed by atoms with E-state index >= 15 is 0 Å². The molecular weight excluding hydrogens is 256 g/mol. The van der Waals surface area contributed by atoms with Crippen molar-refractivity contribution in [3.8, 4) is 0 Å². The van der Waals surface area contributed by atoms with Gasteiger partial charge in [0.15, 0.2) is 0 Å². The van der Waals surface area contributed by atoms with Crippen LogP contribution in [0.2, 0.25) is 5.02 Å². The third-order valence-corrected chi connectivity index (χ3v) is 2.88. The van der Waals surface area contributed by atoms with E-state index in [1.807, 2.05) is 6.92 Å². The predicted octanol–water partition coefficient (Wildman–Crippen LogP) is 1.02. The van der Waals surface area contributed by atoms with E-state index in [-0.39, 0.29) is 19.1 Å². The van der Waals surface area contributed by atoms with Crippen molar-refractivity contribution < 1.29 is 15.0 Å². The summed E-state index contributed by atoms with van der Waals surface area (Å²) in [7, 11) is 0. The van der Waals surface area contributed by atoms with Crippen molar-refractivity contribution >= 4 is 17.5 Å². The molecule has 0 saturated heterocycles. The molecular formula is C12H19ClN2O3. The molecule has 0 radical (unpaired) electrons. The van der Waals surface area contributed by atoms with E-state index < -0.39 is 5.54 Å². The van der Waals surface area contributed by atoms with Crippen LogP contribution in [0.15, 0.2) is 12.3 Å². The van der Waals surface area contributed by atoms with Crippen molar-refractivity contribution in [3.05, 3.63) is 23.0 Å². The molecule has 6 heteroatoms. The number of amides is 1. The number of nitrogens with one attached hydrogen (secondary N) is 1. The van der Waals surface area contributed by atoms with Crippen molar-refractivity contribution in [2.75, 3.05) is 13.2 Å². The van der Waals surface area contributed by atoms with Crippen LogP contribution < -0.4 is 5.32 Å². The number of nitrogens with zero attached hydrogens (tertiary/aromatic N) is 1. The van der Waals surface area contributed by atoms with Gasteiger partial charge in [-0.2, -0.15) is 0 Å². The Morgan fingerprint density at radius 2 is 2.11 bits per heavy atom. The maximum atomic E-state index is 12.1. The molecule has 1 heterocycles. The summed E-state index contributed by atoms with van der Waals surface area (Å²) in [6.45, 7) is 3.58. The van der Waals surface area contributed by atoms with Crippen LogP contribution in [0.25, 0.3) is 0 Å². The summed E-state index contributed by atoms with van der Waals surface area (Å²) < 4.78 is 1.76. The Bertz CT molecular complexity index is 413. The molecule has 0 bridgehead atoms. The molecule has 5 nitrogen and oxygen atoms in total. The van der Waals surface area contributed by atoms with Crippen LogP contribution in [0.5, 0.6) is 0 Å². The van der Waals surface area contributed by atoms with E-state index in [9.17, 15) is 4.79 Å². The van der Waals surface area contributed by atoms with Gasteiger partial charge in [-0.3, -0.25) is 4.79 Å². The van der Waals surface area contributed by atoms with Crippen LogP contribution in [-0.4, -0.2) is 39.4 Å². The molecule has 0 saturated carbocycles. The Labute approximate surface area is 111 Å². The molecule has 1 amide bonds. The second-order valence-corrected chi connectivity index (χ2v) is 5.00. The van der Waals surface area contributed by atoms with Crippen LogP contribution >= 0.6 is 11.6 Å². The van der Waals surface area contributed by atoms with Gasteiger partial charge in [0.2, 0.25) is 0 Å². The normalized spacial score (nSPS) is 11.6. The van der Waals surface area contributed by atoms with Gasteiger partial charge in [-0.25, -0.2) is 0 Å². The Morgan fingerprint density at radius 3 is 2.61 bits per heavy atom. The van der Waals surface area contributed by atoms with Gasteiger partial charge in [-0.15, -0.1) is 0 Å². The fraction of sp³-hybridized carbons (Fsp3) is 0.583. The minimum Gasteiger partial charge on any atom is -0.394 e. The van der Waals surface area contributed by atoms with Gasteiger partial charge in [0.25, 0.3) is 5.91 Å². The molecule has 0 unspecified atom stereocenters. The average Bonchev–Trinajstić information content (AvgIpc) is 2.71. The van der Waals surface area contributed by atoms with Gasteiger partial charge < -0.3 is 20.1 Å². The lowest BCUT2D eigenvalue weighted by atomic mass is 10.1. The van der Waals surface area contributed by atoms with Gasteiger partial charge in [-0.05, 0) is 19.4 Å². The van der Waals surface area contributed by atoms with Crippen molar-refractivity contribution in [1.82, 2.24) is 9.88 Å². The second kappa shape index (κ2) is 6.22. The molecule has 1 aromatic heterocycles. The van der Waals surface area contributed by atoms with Crippen LogP contribution in [0, 0.1) is 0 Å². The quantitative estimate of drug-likeness (QED) is 0.725. The van der Waals surface area contributed by atoms with Crippen molar-refractivity contribution in [3.63, 3.8) is 0 Å². The zero-order chi connectivity index (χ0) is 13.8. The lowest BCUT2D eigenvalue weighted by molar-refractivity contribution is 0.0716. The Balaban J connectivity index is 2.90. The van der Waals surface area contributed by atoms with Gasteiger partial charge in [0.1, 0.15) is 5.69 Å². The number of rotatable bonds is 6. The molecule has 0 aliphatic carbocycles. The molecule has 0 aromatic carbocycles. The first-order valence-corrected chi connectivity index (χ1v) is 6.23. The third kappa shape index (κ3) is 3.48. The molecule has 0 spiro atoms. The molecule has 1 rings (SSSR count). The van der Waals surface area contributed by atoms with E-state index in [0.717, 1.165) is 6.42 Å². The van der Waals surface area contributed by atoms with Crippen LogP contribution in [-0.2, 0) is 6.54 Å². The predicted molar refractivity (Wildman–Crippen MR) is 69.8 cm³/mol. The topological polar surface area (TPSA) is 74.5 Å². The molecule has 102 valence electrons. The monoisotopic (exact) mass is 274 g/mol. The number of halogens is 1. The summed E-state index contributed by atoms with van der Waals surface area (Å²) in [6, 6.07) is 1.57. The van der Waals surface area contributed by atoms with E-state index in [1.165, 1.54) is 0 Å². The maximum Gasteiger partial charge on any atom is 0.268 e. The average molecular weight is 275 g/mol. The highest BCUT2D eigenvalue weighted by Crippen LogP contribution is 2.15. The number of aryl methyl sites for hydroxylation is 1. The van der Waals surface area contributed by atoms with E-state index in [4.69, 9.17) is 21.8 Å². The number of aromatic nitrogens is 1. The largest absolute Gasteiger partial charge is 0.394 e. The summed E-state index contributed by atoms with van der Waals surface area (Å²) in [5, 5.41) is 21.4. The highest BCUT2D eigenvalue weighted by atomic mass is 35.5. The molecule has 0 aliphatic heterocycles. The molecule has 3 N–H and O–H groups in total. The van der Waals surface area contributed by atoms with E-state index in [0.29, 0.717) is 17.3 Å². The fourth-order valence-electron chi connectivity index (χ4n) is 1.56. The Hall–Kier alpha value is -1.04. The van der Waals surface area contributed by atoms with Crippen molar-refractivity contribution in [2.24, 2.45) is 0 Å².